The topological polar surface area (TPSA) is 49.0 Å². The van der Waals surface area contributed by atoms with E-state index in [-0.39, 0.29) is 17.7 Å². The number of aromatic nitrogens is 2. The van der Waals surface area contributed by atoms with Gasteiger partial charge in [-0.25, -0.2) is 4.39 Å². The summed E-state index contributed by atoms with van der Waals surface area (Å²) >= 11 is 0. The number of hydrogen-bond donors (Lipinski definition) is 1. The maximum absolute atomic E-state index is 13.2. The number of halogens is 1. The number of hydrogen-bond acceptors (Lipinski definition) is 2. The highest BCUT2D eigenvalue weighted by atomic mass is 19.1. The molecule has 1 aromatic heterocycles. The SMILES string of the molecule is O=C(C1CCCCC1)N1CCC[C@H](c2[nH]ncc2-c2ccc(F)cc2)C1. The van der Waals surface area contributed by atoms with Crippen molar-refractivity contribution in [3.63, 3.8) is 0 Å². The number of rotatable bonds is 3. The van der Waals surface area contributed by atoms with Gasteiger partial charge in [0.25, 0.3) is 0 Å². The van der Waals surface area contributed by atoms with Gasteiger partial charge in [0.15, 0.2) is 0 Å². The third kappa shape index (κ3) is 3.53. The molecule has 0 bridgehead atoms. The summed E-state index contributed by atoms with van der Waals surface area (Å²) in [7, 11) is 0. The van der Waals surface area contributed by atoms with Gasteiger partial charge in [0.05, 0.1) is 6.20 Å². The number of likely N-dealkylation sites (tertiary alicyclic amines) is 1. The zero-order chi connectivity index (χ0) is 17.9. The summed E-state index contributed by atoms with van der Waals surface area (Å²) in [5.74, 6) is 0.595. The van der Waals surface area contributed by atoms with E-state index in [1.807, 2.05) is 6.20 Å². The van der Waals surface area contributed by atoms with Crippen LogP contribution in [0.15, 0.2) is 30.5 Å². The largest absolute Gasteiger partial charge is 0.342 e. The highest BCUT2D eigenvalue weighted by Crippen LogP contribution is 2.34. The van der Waals surface area contributed by atoms with E-state index in [1.165, 1.54) is 31.4 Å². The first kappa shape index (κ1) is 17.3. The first-order valence-corrected chi connectivity index (χ1v) is 9.80. The molecule has 1 N–H and O–H groups in total. The third-order valence-corrected chi connectivity index (χ3v) is 5.92. The number of carbonyl (C=O) groups excluding carboxylic acids is 1. The molecule has 138 valence electrons. The predicted molar refractivity (Wildman–Crippen MR) is 99.1 cm³/mol. The van der Waals surface area contributed by atoms with Crippen LogP contribution in [0.5, 0.6) is 0 Å². The van der Waals surface area contributed by atoms with Gasteiger partial charge in [-0.05, 0) is 43.4 Å². The smallest absolute Gasteiger partial charge is 0.225 e. The van der Waals surface area contributed by atoms with Crippen molar-refractivity contribution >= 4 is 5.91 Å². The predicted octanol–water partition coefficient (Wildman–Crippen LogP) is 4.50. The maximum atomic E-state index is 13.2. The van der Waals surface area contributed by atoms with E-state index < -0.39 is 0 Å². The number of benzene rings is 1. The van der Waals surface area contributed by atoms with E-state index >= 15 is 0 Å². The van der Waals surface area contributed by atoms with E-state index in [9.17, 15) is 9.18 Å². The lowest BCUT2D eigenvalue weighted by molar-refractivity contribution is -0.137. The van der Waals surface area contributed by atoms with Crippen LogP contribution >= 0.6 is 0 Å². The van der Waals surface area contributed by atoms with Crippen molar-refractivity contribution in [2.75, 3.05) is 13.1 Å². The Kier molecular flexibility index (Phi) is 5.05. The van der Waals surface area contributed by atoms with Crippen molar-refractivity contribution in [1.29, 1.82) is 0 Å². The summed E-state index contributed by atoms with van der Waals surface area (Å²) in [6, 6.07) is 6.53. The number of piperidine rings is 1. The Labute approximate surface area is 153 Å². The van der Waals surface area contributed by atoms with E-state index in [4.69, 9.17) is 0 Å². The van der Waals surface area contributed by atoms with Crippen molar-refractivity contribution in [2.24, 2.45) is 5.92 Å². The van der Waals surface area contributed by atoms with Gasteiger partial charge in [-0.1, -0.05) is 31.4 Å². The summed E-state index contributed by atoms with van der Waals surface area (Å²) < 4.78 is 13.2. The molecule has 26 heavy (non-hydrogen) atoms. The standard InChI is InChI=1S/C21H26FN3O/c22-18-10-8-15(9-11-18)19-13-23-24-20(19)17-7-4-12-25(14-17)21(26)16-5-2-1-3-6-16/h8-11,13,16-17H,1-7,12,14H2,(H,23,24)/t17-/m0/s1. The van der Waals surface area contributed by atoms with Crippen LogP contribution in [0.25, 0.3) is 11.1 Å². The van der Waals surface area contributed by atoms with Crippen LogP contribution in [0.3, 0.4) is 0 Å². The Morgan fingerprint density at radius 1 is 1.08 bits per heavy atom. The molecule has 1 aliphatic carbocycles. The van der Waals surface area contributed by atoms with E-state index in [2.05, 4.69) is 15.1 Å². The summed E-state index contributed by atoms with van der Waals surface area (Å²) in [5, 5.41) is 7.38. The zero-order valence-electron chi connectivity index (χ0n) is 15.1. The molecule has 1 saturated carbocycles. The van der Waals surface area contributed by atoms with Crippen LogP contribution in [0.4, 0.5) is 4.39 Å². The highest BCUT2D eigenvalue weighted by Gasteiger charge is 2.31. The zero-order valence-corrected chi connectivity index (χ0v) is 15.1. The van der Waals surface area contributed by atoms with E-state index in [0.717, 1.165) is 55.6 Å². The average molecular weight is 355 g/mol. The molecule has 4 rings (SSSR count). The molecule has 5 heteroatoms. The first-order chi connectivity index (χ1) is 12.7. The van der Waals surface area contributed by atoms with Crippen LogP contribution in [-0.4, -0.2) is 34.1 Å². The minimum atomic E-state index is -0.235. The lowest BCUT2D eigenvalue weighted by atomic mass is 9.86. The number of carbonyl (C=O) groups is 1. The molecule has 2 aromatic rings. The Balaban J connectivity index is 1.51. The summed E-state index contributed by atoms with van der Waals surface area (Å²) in [4.78, 5) is 15.0. The van der Waals surface area contributed by atoms with Gasteiger partial charge >= 0.3 is 0 Å². The average Bonchev–Trinajstić information content (AvgIpc) is 3.19. The van der Waals surface area contributed by atoms with Crippen molar-refractivity contribution in [3.8, 4) is 11.1 Å². The van der Waals surface area contributed by atoms with Crippen molar-refractivity contribution < 1.29 is 9.18 Å². The Morgan fingerprint density at radius 3 is 2.62 bits per heavy atom. The van der Waals surface area contributed by atoms with Gasteiger partial charge in [0.1, 0.15) is 5.82 Å². The molecule has 1 amide bonds. The van der Waals surface area contributed by atoms with E-state index in [0.29, 0.717) is 5.91 Å². The minimum Gasteiger partial charge on any atom is -0.342 e. The minimum absolute atomic E-state index is 0.223. The molecule has 4 nitrogen and oxygen atoms in total. The molecule has 0 spiro atoms. The second-order valence-corrected chi connectivity index (χ2v) is 7.66. The lowest BCUT2D eigenvalue weighted by Crippen LogP contribution is -2.43. The maximum Gasteiger partial charge on any atom is 0.225 e. The van der Waals surface area contributed by atoms with Gasteiger partial charge in [-0.15, -0.1) is 0 Å². The van der Waals surface area contributed by atoms with Gasteiger partial charge in [-0.2, -0.15) is 5.10 Å². The second kappa shape index (κ2) is 7.60. The summed E-state index contributed by atoms with van der Waals surface area (Å²) in [6.07, 6.45) is 9.60. The fourth-order valence-corrected chi connectivity index (χ4v) is 4.49. The van der Waals surface area contributed by atoms with Crippen LogP contribution in [0.2, 0.25) is 0 Å². The fraction of sp³-hybridized carbons (Fsp3) is 0.524. The van der Waals surface area contributed by atoms with Crippen molar-refractivity contribution in [3.05, 3.63) is 42.0 Å². The number of nitrogens with zero attached hydrogens (tertiary/aromatic N) is 2. The molecule has 2 fully saturated rings. The quantitative estimate of drug-likeness (QED) is 0.881. The van der Waals surface area contributed by atoms with Crippen LogP contribution in [0.1, 0.15) is 56.6 Å². The monoisotopic (exact) mass is 355 g/mol. The van der Waals surface area contributed by atoms with Gasteiger partial charge in [-0.3, -0.25) is 9.89 Å². The molecule has 2 heterocycles. The lowest BCUT2D eigenvalue weighted by Gasteiger charge is -2.36. The van der Waals surface area contributed by atoms with Gasteiger partial charge in [0, 0.05) is 36.2 Å². The van der Waals surface area contributed by atoms with Crippen LogP contribution < -0.4 is 0 Å². The summed E-state index contributed by atoms with van der Waals surface area (Å²) in [5.41, 5.74) is 3.05. The van der Waals surface area contributed by atoms with E-state index in [1.54, 1.807) is 12.1 Å². The van der Waals surface area contributed by atoms with Gasteiger partial charge < -0.3 is 4.90 Å². The molecule has 1 saturated heterocycles. The molecule has 2 aliphatic rings. The van der Waals surface area contributed by atoms with Crippen LogP contribution in [-0.2, 0) is 4.79 Å². The molecule has 0 unspecified atom stereocenters. The van der Waals surface area contributed by atoms with Gasteiger partial charge in [0.2, 0.25) is 5.91 Å². The van der Waals surface area contributed by atoms with Crippen molar-refractivity contribution in [1.82, 2.24) is 15.1 Å². The number of amides is 1. The normalized spacial score (nSPS) is 21.7. The third-order valence-electron chi connectivity index (χ3n) is 5.92. The summed E-state index contributed by atoms with van der Waals surface area (Å²) in [6.45, 7) is 1.62. The Hall–Kier alpha value is -2.17. The molecule has 1 aliphatic heterocycles. The Bertz CT molecular complexity index is 749. The number of aromatic amines is 1. The highest BCUT2D eigenvalue weighted by molar-refractivity contribution is 5.79. The van der Waals surface area contributed by atoms with Crippen molar-refractivity contribution in [2.45, 2.75) is 50.9 Å². The number of H-pyrrole nitrogens is 1. The first-order valence-electron chi connectivity index (χ1n) is 9.80. The molecule has 0 radical (unpaired) electrons. The van der Waals surface area contributed by atoms with Crippen LogP contribution in [0, 0.1) is 11.7 Å². The Morgan fingerprint density at radius 2 is 1.85 bits per heavy atom. The molecular formula is C21H26FN3O. The number of nitrogens with one attached hydrogen (secondary N) is 1. The molecule has 1 atom stereocenters. The molecular weight excluding hydrogens is 329 g/mol. The molecule has 1 aromatic carbocycles. The second-order valence-electron chi connectivity index (χ2n) is 7.66. The fourth-order valence-electron chi connectivity index (χ4n) is 4.49.